The topological polar surface area (TPSA) is 107 Å². The molecule has 3 amide bonds. The van der Waals surface area contributed by atoms with E-state index in [4.69, 9.17) is 4.74 Å². The first-order valence-corrected chi connectivity index (χ1v) is 13.5. The van der Waals surface area contributed by atoms with Gasteiger partial charge in [0.2, 0.25) is 11.8 Å². The number of ether oxygens (including phenoxy) is 1. The lowest BCUT2D eigenvalue weighted by atomic mass is 9.91. The minimum absolute atomic E-state index is 0.162. The van der Waals surface area contributed by atoms with Gasteiger partial charge in [-0.1, -0.05) is 42.5 Å². The van der Waals surface area contributed by atoms with Gasteiger partial charge in [-0.2, -0.15) is 0 Å². The molecule has 3 atom stereocenters. The normalized spacial score (nSPS) is 22.3. The van der Waals surface area contributed by atoms with Gasteiger partial charge < -0.3 is 19.6 Å². The summed E-state index contributed by atoms with van der Waals surface area (Å²) in [5.74, 6) is -1.49. The van der Waals surface area contributed by atoms with Crippen molar-refractivity contribution in [2.45, 2.75) is 83.1 Å². The van der Waals surface area contributed by atoms with Gasteiger partial charge in [0.1, 0.15) is 17.7 Å². The Morgan fingerprint density at radius 1 is 0.872 bits per heavy atom. The van der Waals surface area contributed by atoms with Crippen LogP contribution in [0.15, 0.2) is 48.5 Å². The summed E-state index contributed by atoms with van der Waals surface area (Å²) in [6, 6.07) is 13.1. The molecule has 206 valence electrons. The second-order valence-electron chi connectivity index (χ2n) is 11.6. The maximum atomic E-state index is 14.1. The van der Waals surface area contributed by atoms with Crippen molar-refractivity contribution < 1.29 is 29.0 Å². The van der Waals surface area contributed by atoms with Crippen molar-refractivity contribution in [1.29, 1.82) is 0 Å². The second-order valence-corrected chi connectivity index (χ2v) is 11.6. The summed E-state index contributed by atoms with van der Waals surface area (Å²) in [7, 11) is 0. The van der Waals surface area contributed by atoms with Gasteiger partial charge >= 0.3 is 12.1 Å². The second kappa shape index (κ2) is 10.4. The molecule has 1 N–H and O–H groups in total. The van der Waals surface area contributed by atoms with Gasteiger partial charge in [0.15, 0.2) is 0 Å². The zero-order chi connectivity index (χ0) is 27.9. The average Bonchev–Trinajstić information content (AvgIpc) is 3.51. The van der Waals surface area contributed by atoms with Crippen LogP contribution in [0.5, 0.6) is 0 Å². The van der Waals surface area contributed by atoms with Gasteiger partial charge in [-0.15, -0.1) is 0 Å². The fraction of sp³-hybridized carbons (Fsp3) is 0.467. The number of hydrogen-bond donors (Lipinski definition) is 1. The van der Waals surface area contributed by atoms with Crippen LogP contribution < -0.4 is 4.90 Å². The molecule has 9 heteroatoms. The summed E-state index contributed by atoms with van der Waals surface area (Å²) in [6.07, 6.45) is 1.19. The highest BCUT2D eigenvalue weighted by atomic mass is 16.6. The highest BCUT2D eigenvalue weighted by Gasteiger charge is 2.47. The van der Waals surface area contributed by atoms with Crippen LogP contribution in [0.3, 0.4) is 0 Å². The number of likely N-dealkylation sites (tertiary alicyclic amines) is 1. The molecule has 0 radical (unpaired) electrons. The first-order valence-electron chi connectivity index (χ1n) is 13.5. The van der Waals surface area contributed by atoms with Gasteiger partial charge in [0.05, 0.1) is 12.1 Å². The summed E-state index contributed by atoms with van der Waals surface area (Å²) in [6.45, 7) is 6.05. The number of carboxylic acid groups (broad SMARTS) is 1. The van der Waals surface area contributed by atoms with Crippen molar-refractivity contribution in [2.24, 2.45) is 0 Å². The Morgan fingerprint density at radius 3 is 2.21 bits per heavy atom. The summed E-state index contributed by atoms with van der Waals surface area (Å²) in [4.78, 5) is 57.7. The van der Waals surface area contributed by atoms with Crippen LogP contribution in [0.1, 0.15) is 56.7 Å². The number of amides is 3. The highest BCUT2D eigenvalue weighted by Crippen LogP contribution is 2.36. The van der Waals surface area contributed by atoms with Crippen LogP contribution in [-0.2, 0) is 38.5 Å². The minimum Gasteiger partial charge on any atom is -0.481 e. The molecule has 5 rings (SSSR count). The van der Waals surface area contributed by atoms with Gasteiger partial charge in [-0.05, 0) is 62.8 Å². The van der Waals surface area contributed by atoms with Crippen molar-refractivity contribution >= 4 is 29.6 Å². The molecule has 9 nitrogen and oxygen atoms in total. The molecule has 3 heterocycles. The number of anilines is 1. The van der Waals surface area contributed by atoms with E-state index in [0.717, 1.165) is 16.7 Å². The maximum Gasteiger partial charge on any atom is 0.415 e. The number of carbonyl (C=O) groups excluding carboxylic acids is 3. The smallest absolute Gasteiger partial charge is 0.415 e. The fourth-order valence-corrected chi connectivity index (χ4v) is 6.02. The van der Waals surface area contributed by atoms with E-state index in [1.165, 1.54) is 4.90 Å². The lowest BCUT2D eigenvalue weighted by Gasteiger charge is -2.40. The van der Waals surface area contributed by atoms with Crippen LogP contribution in [-0.4, -0.2) is 69.1 Å². The molecule has 1 fully saturated rings. The van der Waals surface area contributed by atoms with E-state index in [0.29, 0.717) is 44.5 Å². The largest absolute Gasteiger partial charge is 0.481 e. The van der Waals surface area contributed by atoms with Gasteiger partial charge in [0, 0.05) is 25.6 Å². The van der Waals surface area contributed by atoms with Crippen LogP contribution in [0, 0.1) is 0 Å². The molecule has 3 aliphatic heterocycles. The van der Waals surface area contributed by atoms with Crippen LogP contribution in [0.2, 0.25) is 0 Å². The Bertz CT molecular complexity index is 1300. The van der Waals surface area contributed by atoms with Crippen molar-refractivity contribution in [3.8, 4) is 0 Å². The van der Waals surface area contributed by atoms with Gasteiger partial charge in [0.25, 0.3) is 0 Å². The van der Waals surface area contributed by atoms with E-state index in [1.54, 1.807) is 36.6 Å². The van der Waals surface area contributed by atoms with E-state index >= 15 is 0 Å². The summed E-state index contributed by atoms with van der Waals surface area (Å²) < 4.78 is 5.66. The lowest BCUT2D eigenvalue weighted by molar-refractivity contribution is -0.148. The van der Waals surface area contributed by atoms with Crippen molar-refractivity contribution in [3.63, 3.8) is 0 Å². The van der Waals surface area contributed by atoms with Gasteiger partial charge in [-0.3, -0.25) is 19.3 Å². The van der Waals surface area contributed by atoms with E-state index in [-0.39, 0.29) is 18.2 Å². The molecule has 0 aromatic heterocycles. The van der Waals surface area contributed by atoms with Crippen molar-refractivity contribution in [3.05, 3.63) is 65.2 Å². The van der Waals surface area contributed by atoms with Crippen LogP contribution >= 0.6 is 0 Å². The molecule has 3 aliphatic rings. The summed E-state index contributed by atoms with van der Waals surface area (Å²) in [5.41, 5.74) is 2.81. The number of para-hydroxylation sites is 1. The zero-order valence-corrected chi connectivity index (χ0v) is 22.6. The highest BCUT2D eigenvalue weighted by molar-refractivity contribution is 6.02. The van der Waals surface area contributed by atoms with Crippen LogP contribution in [0.25, 0.3) is 0 Å². The van der Waals surface area contributed by atoms with E-state index in [1.807, 2.05) is 42.5 Å². The Labute approximate surface area is 228 Å². The average molecular weight is 534 g/mol. The third-order valence-corrected chi connectivity index (χ3v) is 7.72. The quantitative estimate of drug-likeness (QED) is 0.641. The fourth-order valence-electron chi connectivity index (χ4n) is 6.02. The standard InChI is InChI=1S/C30H35N3O6/c1-30(2,3)39-29(38)33-23-12-7-6-10-20(23)16-25(33)28(37)31-14-8-13-24(31)27(36)32-18-21-11-5-4-9-19(21)15-22(32)17-26(34)35/h4-7,9-12,22,24-25H,8,13-18H2,1-3H3,(H,34,35)/t22-,24-,25-/m1/s1. The number of fused-ring (bicyclic) bond motifs is 2. The molecule has 1 saturated heterocycles. The molecule has 0 aliphatic carbocycles. The first-order chi connectivity index (χ1) is 18.5. The number of aliphatic carboxylic acids is 1. The van der Waals surface area contributed by atoms with E-state index in [9.17, 15) is 24.3 Å². The number of rotatable bonds is 4. The van der Waals surface area contributed by atoms with Crippen molar-refractivity contribution in [2.75, 3.05) is 11.4 Å². The van der Waals surface area contributed by atoms with Gasteiger partial charge in [-0.25, -0.2) is 4.79 Å². The van der Waals surface area contributed by atoms with E-state index < -0.39 is 35.8 Å². The zero-order valence-electron chi connectivity index (χ0n) is 22.6. The Balaban J connectivity index is 1.41. The number of hydrogen-bond acceptors (Lipinski definition) is 5. The third kappa shape index (κ3) is 5.35. The lowest BCUT2D eigenvalue weighted by Crippen LogP contribution is -2.57. The number of carboxylic acids is 1. The summed E-state index contributed by atoms with van der Waals surface area (Å²) in [5, 5.41) is 9.56. The van der Waals surface area contributed by atoms with E-state index in [2.05, 4.69) is 0 Å². The third-order valence-electron chi connectivity index (χ3n) is 7.72. The molecular weight excluding hydrogens is 498 g/mol. The molecule has 2 aromatic rings. The molecule has 0 unspecified atom stereocenters. The minimum atomic E-state index is -0.965. The number of nitrogens with zero attached hydrogens (tertiary/aromatic N) is 3. The Morgan fingerprint density at radius 2 is 1.51 bits per heavy atom. The molecular formula is C30H35N3O6. The monoisotopic (exact) mass is 533 g/mol. The predicted octanol–water partition coefficient (Wildman–Crippen LogP) is 3.77. The molecule has 0 spiro atoms. The van der Waals surface area contributed by atoms with Crippen molar-refractivity contribution in [1.82, 2.24) is 9.80 Å². The molecule has 2 aromatic carbocycles. The number of carbonyl (C=O) groups is 4. The molecule has 39 heavy (non-hydrogen) atoms. The first kappa shape index (κ1) is 26.7. The number of benzene rings is 2. The predicted molar refractivity (Wildman–Crippen MR) is 144 cm³/mol. The van der Waals surface area contributed by atoms with Crippen LogP contribution in [0.4, 0.5) is 10.5 Å². The SMILES string of the molecule is CC(C)(C)OC(=O)N1c2ccccc2C[C@@H]1C(=O)N1CCC[C@@H]1C(=O)N1Cc2ccccc2C[C@@H]1CC(=O)O. The Hall–Kier alpha value is -3.88. The summed E-state index contributed by atoms with van der Waals surface area (Å²) >= 11 is 0. The maximum absolute atomic E-state index is 14.1. The Kier molecular flexibility index (Phi) is 7.09. The molecule has 0 saturated carbocycles. The molecule has 0 bridgehead atoms.